The largest absolute Gasteiger partial charge is 0.388 e. The summed E-state index contributed by atoms with van der Waals surface area (Å²) in [6.45, 7) is 1.55. The van der Waals surface area contributed by atoms with Gasteiger partial charge < -0.3 is 15.2 Å². The summed E-state index contributed by atoms with van der Waals surface area (Å²) in [5.41, 5.74) is -0.647. The highest BCUT2D eigenvalue weighted by atomic mass is 19.1. The molecule has 0 aromatic heterocycles. The number of hydrogen-bond acceptors (Lipinski definition) is 4. The topological polar surface area (TPSA) is 61.8 Å². The number of rotatable bonds is 5. The molecule has 1 fully saturated rings. The number of carbonyl (C=O) groups is 1. The Labute approximate surface area is 123 Å². The monoisotopic (exact) mass is 296 g/mol. The maximum Gasteiger partial charge on any atom is 0.238 e. The van der Waals surface area contributed by atoms with Gasteiger partial charge in [-0.25, -0.2) is 4.39 Å². The number of carbonyl (C=O) groups excluding carboxylic acids is 1. The van der Waals surface area contributed by atoms with Gasteiger partial charge in [0.1, 0.15) is 5.82 Å². The molecule has 1 aromatic rings. The summed E-state index contributed by atoms with van der Waals surface area (Å²) < 4.78 is 18.7. The van der Waals surface area contributed by atoms with Crippen LogP contribution in [-0.2, 0) is 9.53 Å². The number of anilines is 1. The number of likely N-dealkylation sites (N-methyl/N-ethyl adjacent to an activating group) is 1. The molecule has 1 aromatic carbocycles. The molecule has 0 bridgehead atoms. The van der Waals surface area contributed by atoms with E-state index in [1.165, 1.54) is 12.1 Å². The third-order valence-electron chi connectivity index (χ3n) is 3.55. The van der Waals surface area contributed by atoms with Crippen LogP contribution in [0.4, 0.5) is 10.1 Å². The highest BCUT2D eigenvalue weighted by molar-refractivity contribution is 5.92. The van der Waals surface area contributed by atoms with E-state index in [2.05, 4.69) is 5.32 Å². The number of ether oxygens (including phenoxy) is 1. The van der Waals surface area contributed by atoms with Crippen LogP contribution in [0.2, 0.25) is 0 Å². The van der Waals surface area contributed by atoms with E-state index in [1.807, 2.05) is 0 Å². The van der Waals surface area contributed by atoms with Crippen LogP contribution in [0, 0.1) is 5.82 Å². The van der Waals surface area contributed by atoms with Crippen LogP contribution >= 0.6 is 0 Å². The molecule has 1 amide bonds. The van der Waals surface area contributed by atoms with Crippen molar-refractivity contribution in [2.24, 2.45) is 0 Å². The molecule has 1 heterocycles. The van der Waals surface area contributed by atoms with Crippen molar-refractivity contribution in [1.82, 2.24) is 4.90 Å². The highest BCUT2D eigenvalue weighted by Gasteiger charge is 2.31. The molecule has 1 saturated heterocycles. The Bertz CT molecular complexity index is 490. The van der Waals surface area contributed by atoms with Gasteiger partial charge in [0.15, 0.2) is 0 Å². The van der Waals surface area contributed by atoms with E-state index in [0.717, 1.165) is 0 Å². The normalized spacial score (nSPS) is 17.7. The summed E-state index contributed by atoms with van der Waals surface area (Å²) in [6.07, 6.45) is 1.12. The van der Waals surface area contributed by atoms with Crippen molar-refractivity contribution in [1.29, 1.82) is 0 Å². The summed E-state index contributed by atoms with van der Waals surface area (Å²) in [7, 11) is 1.76. The fraction of sp³-hybridized carbons (Fsp3) is 0.533. The van der Waals surface area contributed by atoms with Crippen LogP contribution in [0.25, 0.3) is 0 Å². The lowest BCUT2D eigenvalue weighted by molar-refractivity contribution is -0.118. The van der Waals surface area contributed by atoms with E-state index in [0.29, 0.717) is 32.6 Å². The van der Waals surface area contributed by atoms with E-state index < -0.39 is 11.4 Å². The molecule has 0 spiro atoms. The molecule has 0 aliphatic carbocycles. The Kier molecular flexibility index (Phi) is 5.27. The van der Waals surface area contributed by atoms with Gasteiger partial charge >= 0.3 is 0 Å². The van der Waals surface area contributed by atoms with E-state index in [4.69, 9.17) is 4.74 Å². The number of hydrogen-bond donors (Lipinski definition) is 2. The van der Waals surface area contributed by atoms with Crippen molar-refractivity contribution in [2.45, 2.75) is 18.4 Å². The fourth-order valence-electron chi connectivity index (χ4n) is 2.47. The molecule has 2 N–H and O–H groups in total. The molecule has 0 atom stereocenters. The van der Waals surface area contributed by atoms with Crippen molar-refractivity contribution in [3.05, 3.63) is 30.1 Å². The van der Waals surface area contributed by atoms with Gasteiger partial charge in [0, 0.05) is 32.6 Å². The van der Waals surface area contributed by atoms with Gasteiger partial charge in [0.05, 0.1) is 17.8 Å². The molecule has 116 valence electrons. The molecule has 6 heteroatoms. The number of nitrogens with one attached hydrogen (secondary N) is 1. The van der Waals surface area contributed by atoms with E-state index in [-0.39, 0.29) is 18.1 Å². The first kappa shape index (κ1) is 15.9. The van der Waals surface area contributed by atoms with Gasteiger partial charge in [-0.05, 0) is 19.2 Å². The van der Waals surface area contributed by atoms with Crippen LogP contribution in [-0.4, -0.2) is 54.9 Å². The molecule has 1 aliphatic rings. The van der Waals surface area contributed by atoms with Gasteiger partial charge in [-0.2, -0.15) is 0 Å². The lowest BCUT2D eigenvalue weighted by Gasteiger charge is -2.35. The molecule has 21 heavy (non-hydrogen) atoms. The minimum Gasteiger partial charge on any atom is -0.388 e. The lowest BCUT2D eigenvalue weighted by Crippen LogP contribution is -2.47. The van der Waals surface area contributed by atoms with Crippen LogP contribution < -0.4 is 5.32 Å². The minimum absolute atomic E-state index is 0.0947. The third-order valence-corrected chi connectivity index (χ3v) is 3.55. The Morgan fingerprint density at radius 2 is 2.10 bits per heavy atom. The van der Waals surface area contributed by atoms with Crippen molar-refractivity contribution in [3.8, 4) is 0 Å². The van der Waals surface area contributed by atoms with Gasteiger partial charge in [-0.3, -0.25) is 9.69 Å². The Balaban J connectivity index is 1.83. The van der Waals surface area contributed by atoms with E-state index in [1.54, 1.807) is 24.1 Å². The van der Waals surface area contributed by atoms with Gasteiger partial charge in [-0.15, -0.1) is 0 Å². The van der Waals surface area contributed by atoms with Gasteiger partial charge in [-0.1, -0.05) is 12.1 Å². The van der Waals surface area contributed by atoms with Crippen molar-refractivity contribution in [2.75, 3.05) is 38.7 Å². The molecule has 0 unspecified atom stereocenters. The Morgan fingerprint density at radius 1 is 1.43 bits per heavy atom. The van der Waals surface area contributed by atoms with Crippen LogP contribution in [0.3, 0.4) is 0 Å². The molecular weight excluding hydrogens is 275 g/mol. The molecule has 1 aliphatic heterocycles. The average Bonchev–Trinajstić information content (AvgIpc) is 2.41. The quantitative estimate of drug-likeness (QED) is 0.858. The van der Waals surface area contributed by atoms with Crippen LogP contribution in [0.15, 0.2) is 24.3 Å². The molecule has 0 radical (unpaired) electrons. The maximum atomic E-state index is 13.4. The lowest BCUT2D eigenvalue weighted by atomic mass is 9.94. The average molecular weight is 296 g/mol. The highest BCUT2D eigenvalue weighted by Crippen LogP contribution is 2.21. The predicted molar refractivity (Wildman–Crippen MR) is 77.5 cm³/mol. The molecule has 0 saturated carbocycles. The first-order valence-electron chi connectivity index (χ1n) is 7.02. The first-order chi connectivity index (χ1) is 9.98. The zero-order valence-electron chi connectivity index (χ0n) is 12.1. The number of nitrogens with zero attached hydrogens (tertiary/aromatic N) is 1. The Morgan fingerprint density at radius 3 is 2.76 bits per heavy atom. The zero-order valence-corrected chi connectivity index (χ0v) is 12.1. The van der Waals surface area contributed by atoms with Gasteiger partial charge in [0.2, 0.25) is 5.91 Å². The summed E-state index contributed by atoms with van der Waals surface area (Å²) >= 11 is 0. The standard InChI is InChI=1S/C15H21FN2O3/c1-18(11-15(20)6-8-21-9-7-15)10-14(19)17-13-5-3-2-4-12(13)16/h2-5,20H,6-11H2,1H3,(H,17,19). The minimum atomic E-state index is -0.814. The van der Waals surface area contributed by atoms with E-state index in [9.17, 15) is 14.3 Å². The maximum absolute atomic E-state index is 13.4. The fourth-order valence-corrected chi connectivity index (χ4v) is 2.47. The molecule has 2 rings (SSSR count). The second-order valence-electron chi connectivity index (χ2n) is 5.54. The third kappa shape index (κ3) is 4.77. The summed E-state index contributed by atoms with van der Waals surface area (Å²) in [5, 5.41) is 12.9. The summed E-state index contributed by atoms with van der Waals surface area (Å²) in [5.74, 6) is -0.769. The number of halogens is 1. The number of para-hydroxylation sites is 1. The zero-order chi connectivity index (χ0) is 15.3. The Hall–Kier alpha value is -1.50. The van der Waals surface area contributed by atoms with Crippen molar-refractivity contribution < 1.29 is 19.0 Å². The van der Waals surface area contributed by atoms with E-state index >= 15 is 0 Å². The second-order valence-corrected chi connectivity index (χ2v) is 5.54. The summed E-state index contributed by atoms with van der Waals surface area (Å²) in [6, 6.07) is 6.04. The number of aliphatic hydroxyl groups is 1. The van der Waals surface area contributed by atoms with Crippen LogP contribution in [0.5, 0.6) is 0 Å². The molecular formula is C15H21FN2O3. The van der Waals surface area contributed by atoms with Gasteiger partial charge in [0.25, 0.3) is 0 Å². The first-order valence-corrected chi connectivity index (χ1v) is 7.02. The molecule has 5 nitrogen and oxygen atoms in total. The number of amides is 1. The predicted octanol–water partition coefficient (Wildman–Crippen LogP) is 1.24. The summed E-state index contributed by atoms with van der Waals surface area (Å²) in [4.78, 5) is 13.6. The smallest absolute Gasteiger partial charge is 0.238 e. The van der Waals surface area contributed by atoms with Crippen molar-refractivity contribution >= 4 is 11.6 Å². The van der Waals surface area contributed by atoms with Crippen molar-refractivity contribution in [3.63, 3.8) is 0 Å². The second kappa shape index (κ2) is 6.98. The number of benzene rings is 1. The SMILES string of the molecule is CN(CC(=O)Nc1ccccc1F)CC1(O)CCOCC1. The van der Waals surface area contributed by atoms with Crippen LogP contribution in [0.1, 0.15) is 12.8 Å².